The third-order valence-electron chi connectivity index (χ3n) is 11.3. The highest BCUT2D eigenvalue weighted by Crippen LogP contribution is 2.45. The third kappa shape index (κ3) is 7.54. The van der Waals surface area contributed by atoms with Crippen LogP contribution in [0.5, 0.6) is 0 Å². The van der Waals surface area contributed by atoms with Crippen LogP contribution < -0.4 is 0 Å². The summed E-state index contributed by atoms with van der Waals surface area (Å²) in [7, 11) is 0. The Morgan fingerprint density at radius 1 is 0.460 bits per heavy atom. The van der Waals surface area contributed by atoms with Crippen LogP contribution in [0, 0.1) is 14.3 Å². The van der Waals surface area contributed by atoms with Crippen molar-refractivity contribution < 1.29 is 4.79 Å². The van der Waals surface area contributed by atoms with Crippen LogP contribution in [0.25, 0.3) is 21.8 Å². The van der Waals surface area contributed by atoms with Gasteiger partial charge in [-0.2, -0.15) is 10.2 Å². The molecule has 7 nitrogen and oxygen atoms in total. The fourth-order valence-corrected chi connectivity index (χ4v) is 10.8. The standard InChI is InChI=1S/C26H17ClIN3O.C26H19ClIN3/c27-23-16-22-24(21(17-32)29-23)25(28)30-31(22)26(18-10-4-1-5-11-18,19-12-6-2-7-13-19)20-14-8-3-9-15-20;1-18-24-22(17-23(27)29-18)31(30-25(24)28)26(19-11-5-2-6-12-19,20-13-7-3-8-14-20)21-15-9-4-10-16-21/h1-17H;2-17H,1H3. The summed E-state index contributed by atoms with van der Waals surface area (Å²) in [6.07, 6.45) is 0.734. The Labute approximate surface area is 402 Å². The maximum Gasteiger partial charge on any atom is 0.169 e. The third-order valence-corrected chi connectivity index (χ3v) is 13.2. The molecule has 0 radical (unpaired) electrons. The summed E-state index contributed by atoms with van der Waals surface area (Å²) in [5.74, 6) is 0. The van der Waals surface area contributed by atoms with E-state index in [1.165, 1.54) is 0 Å². The molecule has 11 heteroatoms. The summed E-state index contributed by atoms with van der Waals surface area (Å²) in [6, 6.07) is 66.0. The summed E-state index contributed by atoms with van der Waals surface area (Å²) in [4.78, 5) is 20.5. The molecule has 0 aliphatic carbocycles. The molecule has 63 heavy (non-hydrogen) atoms. The van der Waals surface area contributed by atoms with Gasteiger partial charge in [-0.25, -0.2) is 19.3 Å². The average Bonchev–Trinajstić information content (AvgIpc) is 3.84. The minimum Gasteiger partial charge on any atom is -0.296 e. The van der Waals surface area contributed by atoms with Gasteiger partial charge in [-0.15, -0.1) is 0 Å². The Bertz CT molecular complexity index is 3000. The summed E-state index contributed by atoms with van der Waals surface area (Å²) in [5.41, 5.74) is 7.88. The zero-order chi connectivity index (χ0) is 43.6. The van der Waals surface area contributed by atoms with Crippen molar-refractivity contribution in [3.05, 3.63) is 257 Å². The Balaban J connectivity index is 0.000000160. The van der Waals surface area contributed by atoms with E-state index in [1.54, 1.807) is 6.07 Å². The molecule has 308 valence electrons. The van der Waals surface area contributed by atoms with Crippen molar-refractivity contribution >= 4 is 96.5 Å². The predicted molar refractivity (Wildman–Crippen MR) is 270 cm³/mol. The van der Waals surface area contributed by atoms with Crippen molar-refractivity contribution in [3.63, 3.8) is 0 Å². The van der Waals surface area contributed by atoms with E-state index in [9.17, 15) is 4.79 Å². The second kappa shape index (κ2) is 18.2. The number of rotatable bonds is 9. The molecule has 6 aromatic carbocycles. The number of carbonyl (C=O) groups excluding carboxylic acids is 1. The molecule has 4 heterocycles. The van der Waals surface area contributed by atoms with Crippen molar-refractivity contribution in [2.45, 2.75) is 18.0 Å². The summed E-state index contributed by atoms with van der Waals surface area (Å²) < 4.78 is 5.69. The van der Waals surface area contributed by atoms with E-state index in [2.05, 4.69) is 169 Å². The molecule has 0 aliphatic rings. The van der Waals surface area contributed by atoms with Gasteiger partial charge in [0, 0.05) is 12.1 Å². The lowest BCUT2D eigenvalue weighted by Crippen LogP contribution is -2.38. The van der Waals surface area contributed by atoms with E-state index in [1.807, 2.05) is 90.5 Å². The van der Waals surface area contributed by atoms with Gasteiger partial charge in [-0.1, -0.05) is 205 Å². The van der Waals surface area contributed by atoms with E-state index in [0.29, 0.717) is 14.2 Å². The SMILES string of the molecule is Cc1nc(Cl)cc2c1c(I)nn2C(c1ccccc1)(c1ccccc1)c1ccccc1.O=Cc1nc(Cl)cc2c1c(I)nn2C(c1ccccc1)(c1ccccc1)c1ccccc1. The number of benzene rings is 6. The van der Waals surface area contributed by atoms with Crippen molar-refractivity contribution in [1.29, 1.82) is 0 Å². The maximum atomic E-state index is 11.8. The Kier molecular flexibility index (Phi) is 12.3. The number of aryl methyl sites for hydroxylation is 1. The van der Waals surface area contributed by atoms with Crippen molar-refractivity contribution in [2.24, 2.45) is 0 Å². The van der Waals surface area contributed by atoms with Gasteiger partial charge in [0.15, 0.2) is 6.29 Å². The highest BCUT2D eigenvalue weighted by molar-refractivity contribution is 14.1. The van der Waals surface area contributed by atoms with Crippen LogP contribution >= 0.6 is 68.4 Å². The number of halogens is 4. The van der Waals surface area contributed by atoms with E-state index in [-0.39, 0.29) is 10.8 Å². The zero-order valence-corrected chi connectivity index (χ0v) is 39.5. The van der Waals surface area contributed by atoms with Gasteiger partial charge in [0.05, 0.1) is 27.5 Å². The lowest BCUT2D eigenvalue weighted by Gasteiger charge is -2.37. The maximum absolute atomic E-state index is 11.8. The first kappa shape index (κ1) is 42.6. The van der Waals surface area contributed by atoms with Crippen LogP contribution in [0.15, 0.2) is 194 Å². The molecule has 0 aliphatic heterocycles. The van der Waals surface area contributed by atoms with Crippen LogP contribution in [0.4, 0.5) is 0 Å². The molecule has 10 aromatic rings. The first-order valence-corrected chi connectivity index (χ1v) is 22.9. The van der Waals surface area contributed by atoms with Gasteiger partial charge in [0.1, 0.15) is 34.5 Å². The number of nitrogens with zero attached hydrogens (tertiary/aromatic N) is 6. The number of carbonyl (C=O) groups is 1. The summed E-state index contributed by atoms with van der Waals surface area (Å²) in [5, 5.41) is 12.5. The largest absolute Gasteiger partial charge is 0.296 e. The summed E-state index contributed by atoms with van der Waals surface area (Å²) >= 11 is 17.3. The fraction of sp³-hybridized carbons (Fsp3) is 0.0577. The minimum atomic E-state index is -0.795. The van der Waals surface area contributed by atoms with Crippen molar-refractivity contribution in [1.82, 2.24) is 29.5 Å². The highest BCUT2D eigenvalue weighted by atomic mass is 127. The molecule has 0 saturated carbocycles. The normalized spacial score (nSPS) is 11.6. The molecule has 4 aromatic heterocycles. The van der Waals surface area contributed by atoms with E-state index in [4.69, 9.17) is 33.4 Å². The second-order valence-corrected chi connectivity index (χ2v) is 17.6. The number of aromatic nitrogens is 6. The Morgan fingerprint density at radius 2 is 0.746 bits per heavy atom. The van der Waals surface area contributed by atoms with Crippen LogP contribution in [-0.2, 0) is 11.1 Å². The molecular formula is C52H36Cl2I2N6O. The lowest BCUT2D eigenvalue weighted by atomic mass is 9.77. The Hall–Kier alpha value is -5.73. The number of hydrogen-bond donors (Lipinski definition) is 0. The van der Waals surface area contributed by atoms with E-state index < -0.39 is 11.1 Å². The van der Waals surface area contributed by atoms with Crippen molar-refractivity contribution in [3.8, 4) is 0 Å². The number of hydrogen-bond acceptors (Lipinski definition) is 5. The van der Waals surface area contributed by atoms with E-state index in [0.717, 1.165) is 65.5 Å². The van der Waals surface area contributed by atoms with E-state index >= 15 is 0 Å². The molecule has 0 saturated heterocycles. The predicted octanol–water partition coefficient (Wildman–Crippen LogP) is 13.2. The number of pyridine rings is 2. The number of fused-ring (bicyclic) bond motifs is 2. The molecule has 0 spiro atoms. The second-order valence-electron chi connectivity index (χ2n) is 14.8. The zero-order valence-electron chi connectivity index (χ0n) is 33.7. The molecule has 0 bridgehead atoms. The fourth-order valence-electron chi connectivity index (χ4n) is 8.73. The molecule has 0 amide bonds. The summed E-state index contributed by atoms with van der Waals surface area (Å²) in [6.45, 7) is 1.98. The quantitative estimate of drug-likeness (QED) is 0.0623. The molecular weight excluding hydrogens is 1050 g/mol. The number of aldehydes is 1. The molecule has 0 unspecified atom stereocenters. The topological polar surface area (TPSA) is 78.5 Å². The van der Waals surface area contributed by atoms with Crippen molar-refractivity contribution in [2.75, 3.05) is 0 Å². The first-order chi connectivity index (χ1) is 30.8. The van der Waals surface area contributed by atoms with Crippen LogP contribution in [0.3, 0.4) is 0 Å². The minimum absolute atomic E-state index is 0.250. The molecule has 0 N–H and O–H groups in total. The molecule has 0 fully saturated rings. The average molecular weight is 1090 g/mol. The van der Waals surface area contributed by atoms with Gasteiger partial charge in [-0.3, -0.25) is 4.79 Å². The van der Waals surface area contributed by atoms with Gasteiger partial charge >= 0.3 is 0 Å². The molecule has 10 rings (SSSR count). The highest BCUT2D eigenvalue weighted by Gasteiger charge is 2.42. The first-order valence-electron chi connectivity index (χ1n) is 20.0. The monoisotopic (exact) mass is 1080 g/mol. The van der Waals surface area contributed by atoms with Gasteiger partial charge in [0.25, 0.3) is 0 Å². The van der Waals surface area contributed by atoms with Gasteiger partial charge < -0.3 is 0 Å². The van der Waals surface area contributed by atoms with Crippen LogP contribution in [0.2, 0.25) is 10.3 Å². The Morgan fingerprint density at radius 3 is 1.06 bits per heavy atom. The van der Waals surface area contributed by atoms with Gasteiger partial charge in [-0.05, 0) is 85.5 Å². The van der Waals surface area contributed by atoms with Crippen LogP contribution in [-0.4, -0.2) is 35.8 Å². The molecule has 0 atom stereocenters. The van der Waals surface area contributed by atoms with Gasteiger partial charge in [0.2, 0.25) is 0 Å². The smallest absolute Gasteiger partial charge is 0.169 e. The van der Waals surface area contributed by atoms with Crippen LogP contribution in [0.1, 0.15) is 49.6 Å². The lowest BCUT2D eigenvalue weighted by molar-refractivity contribution is 0.112.